The van der Waals surface area contributed by atoms with Gasteiger partial charge in [-0.05, 0) is 40.9 Å². The highest BCUT2D eigenvalue weighted by Crippen LogP contribution is 2.25. The lowest BCUT2D eigenvalue weighted by Crippen LogP contribution is -2.07. The fourth-order valence-corrected chi connectivity index (χ4v) is 2.37. The molecule has 5 heteroatoms. The van der Waals surface area contributed by atoms with Crippen LogP contribution in [-0.2, 0) is 13.5 Å². The van der Waals surface area contributed by atoms with Crippen molar-refractivity contribution in [1.29, 1.82) is 0 Å². The SMILES string of the molecule is Cn1ncc(Br)c1C(O)CCc1ccccn1. The van der Waals surface area contributed by atoms with E-state index in [2.05, 4.69) is 26.0 Å². The van der Waals surface area contributed by atoms with Crippen LogP contribution in [0.4, 0.5) is 0 Å². The Labute approximate surface area is 108 Å². The molecule has 4 nitrogen and oxygen atoms in total. The number of halogens is 1. The second kappa shape index (κ2) is 5.42. The molecule has 0 amide bonds. The smallest absolute Gasteiger partial charge is 0.0971 e. The number of nitrogens with zero attached hydrogens (tertiary/aromatic N) is 3. The van der Waals surface area contributed by atoms with Gasteiger partial charge in [0.25, 0.3) is 0 Å². The summed E-state index contributed by atoms with van der Waals surface area (Å²) in [7, 11) is 1.82. The Morgan fingerprint density at radius 2 is 2.29 bits per heavy atom. The molecular weight excluding hydrogens is 282 g/mol. The highest BCUT2D eigenvalue weighted by atomic mass is 79.9. The Hall–Kier alpha value is -1.20. The number of aliphatic hydroxyl groups excluding tert-OH is 1. The number of aliphatic hydroxyl groups is 1. The summed E-state index contributed by atoms with van der Waals surface area (Å²) >= 11 is 3.38. The maximum Gasteiger partial charge on any atom is 0.0971 e. The first-order valence-corrected chi connectivity index (χ1v) is 6.23. The minimum Gasteiger partial charge on any atom is -0.387 e. The van der Waals surface area contributed by atoms with Gasteiger partial charge in [0.2, 0.25) is 0 Å². The van der Waals surface area contributed by atoms with Gasteiger partial charge < -0.3 is 5.11 Å². The van der Waals surface area contributed by atoms with Gasteiger partial charge in [-0.2, -0.15) is 5.10 Å². The van der Waals surface area contributed by atoms with Gasteiger partial charge >= 0.3 is 0 Å². The number of hydrogen-bond donors (Lipinski definition) is 1. The summed E-state index contributed by atoms with van der Waals surface area (Å²) in [5, 5.41) is 14.2. The van der Waals surface area contributed by atoms with Crippen LogP contribution in [0.25, 0.3) is 0 Å². The van der Waals surface area contributed by atoms with E-state index in [4.69, 9.17) is 0 Å². The topological polar surface area (TPSA) is 50.9 Å². The third kappa shape index (κ3) is 2.92. The molecule has 17 heavy (non-hydrogen) atoms. The van der Waals surface area contributed by atoms with E-state index in [0.29, 0.717) is 6.42 Å². The summed E-state index contributed by atoms with van der Waals surface area (Å²) in [6.45, 7) is 0. The molecular formula is C12H14BrN3O. The van der Waals surface area contributed by atoms with Crippen molar-refractivity contribution in [1.82, 2.24) is 14.8 Å². The van der Waals surface area contributed by atoms with Crippen LogP contribution in [0.2, 0.25) is 0 Å². The zero-order valence-corrected chi connectivity index (χ0v) is 11.1. The Balaban J connectivity index is 2.01. The normalized spacial score (nSPS) is 12.6. The first-order chi connectivity index (χ1) is 8.18. The van der Waals surface area contributed by atoms with E-state index < -0.39 is 6.10 Å². The average Bonchev–Trinajstić information content (AvgIpc) is 2.67. The third-order valence-corrected chi connectivity index (χ3v) is 3.26. The molecule has 0 radical (unpaired) electrons. The second-order valence-corrected chi connectivity index (χ2v) is 4.73. The second-order valence-electron chi connectivity index (χ2n) is 3.88. The molecule has 0 fully saturated rings. The number of rotatable bonds is 4. The van der Waals surface area contributed by atoms with Crippen molar-refractivity contribution < 1.29 is 5.11 Å². The van der Waals surface area contributed by atoms with Crippen LogP contribution in [0.1, 0.15) is 23.9 Å². The zero-order chi connectivity index (χ0) is 12.3. The minimum absolute atomic E-state index is 0.529. The lowest BCUT2D eigenvalue weighted by atomic mass is 10.1. The molecule has 2 aromatic heterocycles. The molecule has 0 spiro atoms. The molecule has 0 saturated heterocycles. The van der Waals surface area contributed by atoms with Gasteiger partial charge in [-0.3, -0.25) is 9.67 Å². The quantitative estimate of drug-likeness (QED) is 0.941. The van der Waals surface area contributed by atoms with Crippen molar-refractivity contribution in [2.45, 2.75) is 18.9 Å². The van der Waals surface area contributed by atoms with Crippen molar-refractivity contribution in [2.75, 3.05) is 0 Å². The van der Waals surface area contributed by atoms with Crippen LogP contribution in [0.5, 0.6) is 0 Å². The van der Waals surface area contributed by atoms with Crippen molar-refractivity contribution in [2.24, 2.45) is 7.05 Å². The van der Waals surface area contributed by atoms with Gasteiger partial charge in [-0.1, -0.05) is 6.07 Å². The Kier molecular flexibility index (Phi) is 3.91. The molecule has 0 aliphatic rings. The van der Waals surface area contributed by atoms with Crippen LogP contribution in [-0.4, -0.2) is 19.9 Å². The maximum atomic E-state index is 10.1. The van der Waals surface area contributed by atoms with Gasteiger partial charge in [0.15, 0.2) is 0 Å². The fourth-order valence-electron chi connectivity index (χ4n) is 1.76. The zero-order valence-electron chi connectivity index (χ0n) is 9.55. The van der Waals surface area contributed by atoms with Gasteiger partial charge in [-0.25, -0.2) is 0 Å². The monoisotopic (exact) mass is 295 g/mol. The largest absolute Gasteiger partial charge is 0.387 e. The summed E-state index contributed by atoms with van der Waals surface area (Å²) in [6.07, 6.45) is 4.31. The van der Waals surface area contributed by atoms with E-state index in [9.17, 15) is 5.11 Å². The first-order valence-electron chi connectivity index (χ1n) is 5.44. The van der Waals surface area contributed by atoms with Gasteiger partial charge in [-0.15, -0.1) is 0 Å². The Bertz CT molecular complexity index is 464. The molecule has 0 bridgehead atoms. The predicted molar refractivity (Wildman–Crippen MR) is 68.4 cm³/mol. The highest BCUT2D eigenvalue weighted by Gasteiger charge is 2.16. The molecule has 0 aromatic carbocycles. The molecule has 1 atom stereocenters. The van der Waals surface area contributed by atoms with Crippen molar-refractivity contribution in [3.05, 3.63) is 46.5 Å². The van der Waals surface area contributed by atoms with Gasteiger partial charge in [0.1, 0.15) is 0 Å². The first kappa shape index (κ1) is 12.3. The Morgan fingerprint density at radius 3 is 2.88 bits per heavy atom. The number of pyridine rings is 1. The minimum atomic E-state index is -0.529. The number of aryl methyl sites for hydroxylation is 2. The van der Waals surface area contributed by atoms with E-state index in [-0.39, 0.29) is 0 Å². The van der Waals surface area contributed by atoms with Crippen LogP contribution in [0.15, 0.2) is 35.1 Å². The molecule has 1 N–H and O–H groups in total. The molecule has 0 saturated carbocycles. The highest BCUT2D eigenvalue weighted by molar-refractivity contribution is 9.10. The van der Waals surface area contributed by atoms with E-state index in [1.165, 1.54) is 0 Å². The van der Waals surface area contributed by atoms with Crippen LogP contribution < -0.4 is 0 Å². The summed E-state index contributed by atoms with van der Waals surface area (Å²) in [5.74, 6) is 0. The lowest BCUT2D eigenvalue weighted by molar-refractivity contribution is 0.157. The maximum absolute atomic E-state index is 10.1. The Morgan fingerprint density at radius 1 is 1.47 bits per heavy atom. The fraction of sp³-hybridized carbons (Fsp3) is 0.333. The van der Waals surface area contributed by atoms with Crippen LogP contribution >= 0.6 is 15.9 Å². The summed E-state index contributed by atoms with van der Waals surface area (Å²) < 4.78 is 2.53. The summed E-state index contributed by atoms with van der Waals surface area (Å²) in [4.78, 5) is 4.23. The average molecular weight is 296 g/mol. The van der Waals surface area contributed by atoms with E-state index in [0.717, 1.165) is 22.3 Å². The standard InChI is InChI=1S/C12H14BrN3O/c1-16-12(10(13)8-15-16)11(17)6-5-9-4-2-3-7-14-9/h2-4,7-8,11,17H,5-6H2,1H3. The summed E-state index contributed by atoms with van der Waals surface area (Å²) in [6, 6.07) is 5.80. The summed E-state index contributed by atoms with van der Waals surface area (Å²) in [5.41, 5.74) is 1.80. The van der Waals surface area contributed by atoms with Gasteiger partial charge in [0.05, 0.1) is 22.5 Å². The lowest BCUT2D eigenvalue weighted by Gasteiger charge is -2.11. The van der Waals surface area contributed by atoms with Crippen molar-refractivity contribution in [3.8, 4) is 0 Å². The molecule has 2 rings (SSSR count). The van der Waals surface area contributed by atoms with E-state index in [1.807, 2.05) is 25.2 Å². The molecule has 2 aromatic rings. The number of aromatic nitrogens is 3. The van der Waals surface area contributed by atoms with Crippen molar-refractivity contribution in [3.63, 3.8) is 0 Å². The molecule has 0 aliphatic heterocycles. The van der Waals surface area contributed by atoms with Crippen LogP contribution in [0.3, 0.4) is 0 Å². The van der Waals surface area contributed by atoms with E-state index >= 15 is 0 Å². The molecule has 2 heterocycles. The van der Waals surface area contributed by atoms with Crippen molar-refractivity contribution >= 4 is 15.9 Å². The molecule has 1 unspecified atom stereocenters. The van der Waals surface area contributed by atoms with E-state index in [1.54, 1.807) is 17.1 Å². The third-order valence-electron chi connectivity index (χ3n) is 2.65. The number of hydrogen-bond acceptors (Lipinski definition) is 3. The van der Waals surface area contributed by atoms with Gasteiger partial charge in [0, 0.05) is 18.9 Å². The predicted octanol–water partition coefficient (Wildman–Crippen LogP) is 2.24. The molecule has 0 aliphatic carbocycles. The molecule has 90 valence electrons. The van der Waals surface area contributed by atoms with Crippen LogP contribution in [0, 0.1) is 0 Å².